The van der Waals surface area contributed by atoms with Crippen LogP contribution in [0.1, 0.15) is 30.7 Å². The number of carboxylic acid groups (broad SMARTS) is 1. The molecule has 0 aliphatic heterocycles. The fourth-order valence-corrected chi connectivity index (χ4v) is 2.05. The van der Waals surface area contributed by atoms with Gasteiger partial charge < -0.3 is 10.4 Å². The van der Waals surface area contributed by atoms with Crippen LogP contribution in [0.4, 0.5) is 5.13 Å². The first kappa shape index (κ1) is 10.4. The van der Waals surface area contributed by atoms with Crippen molar-refractivity contribution in [2.24, 2.45) is 5.92 Å². The largest absolute Gasteiger partial charge is 0.481 e. The number of carbonyl (C=O) groups is 1. The van der Waals surface area contributed by atoms with Crippen molar-refractivity contribution >= 4 is 22.4 Å². The zero-order chi connectivity index (χ0) is 10.8. The van der Waals surface area contributed by atoms with Crippen molar-refractivity contribution in [1.29, 1.82) is 0 Å². The van der Waals surface area contributed by atoms with Crippen molar-refractivity contribution in [3.05, 3.63) is 5.01 Å². The quantitative estimate of drug-likeness (QED) is 0.798. The maximum Gasteiger partial charge on any atom is 0.308 e. The number of aromatic nitrogens is 2. The van der Waals surface area contributed by atoms with Crippen LogP contribution in [-0.4, -0.2) is 27.8 Å². The van der Waals surface area contributed by atoms with Crippen LogP contribution in [0.2, 0.25) is 0 Å². The second-order valence-corrected chi connectivity index (χ2v) is 4.85. The van der Waals surface area contributed by atoms with Crippen molar-refractivity contribution in [1.82, 2.24) is 10.2 Å². The Balaban J connectivity index is 1.85. The minimum absolute atomic E-state index is 0.397. The van der Waals surface area contributed by atoms with Crippen LogP contribution in [0.3, 0.4) is 0 Å². The van der Waals surface area contributed by atoms with E-state index < -0.39 is 11.9 Å². The Hall–Kier alpha value is -1.17. The van der Waals surface area contributed by atoms with Gasteiger partial charge in [-0.2, -0.15) is 0 Å². The molecule has 1 atom stereocenters. The smallest absolute Gasteiger partial charge is 0.308 e. The van der Waals surface area contributed by atoms with Crippen molar-refractivity contribution in [2.45, 2.75) is 25.7 Å². The highest BCUT2D eigenvalue weighted by Gasteiger charge is 2.27. The van der Waals surface area contributed by atoms with Gasteiger partial charge in [0.15, 0.2) is 0 Å². The summed E-state index contributed by atoms with van der Waals surface area (Å²) in [4.78, 5) is 10.6. The van der Waals surface area contributed by atoms with Gasteiger partial charge in [0, 0.05) is 12.5 Å². The van der Waals surface area contributed by atoms with E-state index in [9.17, 15) is 4.79 Å². The minimum atomic E-state index is -0.797. The van der Waals surface area contributed by atoms with E-state index in [1.54, 1.807) is 6.92 Å². The predicted molar refractivity (Wildman–Crippen MR) is 57.2 cm³/mol. The number of rotatable bonds is 5. The van der Waals surface area contributed by atoms with Gasteiger partial charge in [-0.1, -0.05) is 18.3 Å². The van der Waals surface area contributed by atoms with Gasteiger partial charge in [-0.25, -0.2) is 0 Å². The van der Waals surface area contributed by atoms with Gasteiger partial charge in [0.1, 0.15) is 5.01 Å². The fraction of sp³-hybridized carbons (Fsp3) is 0.667. The molecule has 0 amide bonds. The molecule has 2 N–H and O–H groups in total. The molecule has 0 bridgehead atoms. The highest BCUT2D eigenvalue weighted by atomic mass is 32.1. The molecule has 1 aromatic rings. The summed E-state index contributed by atoms with van der Waals surface area (Å²) in [7, 11) is 0. The molecular formula is C9H13N3O2S. The Kier molecular flexibility index (Phi) is 2.86. The summed E-state index contributed by atoms with van der Waals surface area (Å²) < 4.78 is 0. The fourth-order valence-electron chi connectivity index (χ4n) is 1.13. The monoisotopic (exact) mass is 227 g/mol. The summed E-state index contributed by atoms with van der Waals surface area (Å²) in [6.45, 7) is 2.06. The molecule has 0 spiro atoms. The van der Waals surface area contributed by atoms with Gasteiger partial charge in [-0.3, -0.25) is 4.79 Å². The molecule has 15 heavy (non-hydrogen) atoms. The summed E-state index contributed by atoms with van der Waals surface area (Å²) in [5.41, 5.74) is 0. The molecule has 1 aromatic heterocycles. The molecule has 0 aromatic carbocycles. The Labute approximate surface area is 91.5 Å². The van der Waals surface area contributed by atoms with Gasteiger partial charge in [0.05, 0.1) is 5.92 Å². The zero-order valence-electron chi connectivity index (χ0n) is 8.43. The summed E-state index contributed by atoms with van der Waals surface area (Å²) >= 11 is 1.53. The van der Waals surface area contributed by atoms with Crippen molar-refractivity contribution in [3.63, 3.8) is 0 Å². The standard InChI is InChI=1S/C9H13N3O2S/c1-5(8(13)14)4-10-9-12-11-7(15-9)6-2-3-6/h5-6H,2-4H2,1H3,(H,10,12)(H,13,14). The van der Waals surface area contributed by atoms with Gasteiger partial charge in [-0.15, -0.1) is 10.2 Å². The molecule has 0 radical (unpaired) electrons. The average Bonchev–Trinajstić information content (AvgIpc) is 2.95. The van der Waals surface area contributed by atoms with Crippen LogP contribution in [0.15, 0.2) is 0 Å². The number of carboxylic acids is 1. The summed E-state index contributed by atoms with van der Waals surface area (Å²) in [6.07, 6.45) is 2.42. The van der Waals surface area contributed by atoms with Crippen molar-refractivity contribution < 1.29 is 9.90 Å². The lowest BCUT2D eigenvalue weighted by Crippen LogP contribution is -2.19. The van der Waals surface area contributed by atoms with Gasteiger partial charge in [0.2, 0.25) is 5.13 Å². The van der Waals surface area contributed by atoms with Gasteiger partial charge in [0.25, 0.3) is 0 Å². The predicted octanol–water partition coefficient (Wildman–Crippen LogP) is 1.55. The van der Waals surface area contributed by atoms with E-state index in [2.05, 4.69) is 15.5 Å². The van der Waals surface area contributed by atoms with E-state index >= 15 is 0 Å². The third-order valence-corrected chi connectivity index (χ3v) is 3.39. The van der Waals surface area contributed by atoms with Crippen molar-refractivity contribution in [2.75, 3.05) is 11.9 Å². The Morgan fingerprint density at radius 1 is 1.67 bits per heavy atom. The second-order valence-electron chi connectivity index (χ2n) is 3.84. The van der Waals surface area contributed by atoms with Crippen LogP contribution in [0.25, 0.3) is 0 Å². The maximum absolute atomic E-state index is 10.6. The van der Waals surface area contributed by atoms with Crippen LogP contribution in [0, 0.1) is 5.92 Å². The third-order valence-electron chi connectivity index (χ3n) is 2.35. The SMILES string of the molecule is CC(CNc1nnc(C2CC2)s1)C(=O)O. The molecule has 2 rings (SSSR count). The lowest BCUT2D eigenvalue weighted by Gasteiger charge is -2.05. The topological polar surface area (TPSA) is 75.1 Å². The summed E-state index contributed by atoms with van der Waals surface area (Å²) in [5, 5.41) is 21.5. The highest BCUT2D eigenvalue weighted by Crippen LogP contribution is 2.41. The maximum atomic E-state index is 10.6. The number of nitrogens with one attached hydrogen (secondary N) is 1. The lowest BCUT2D eigenvalue weighted by molar-refractivity contribution is -0.140. The molecule has 0 saturated heterocycles. The van der Waals surface area contributed by atoms with Crippen LogP contribution < -0.4 is 5.32 Å². The Morgan fingerprint density at radius 3 is 3.00 bits per heavy atom. The molecule has 6 heteroatoms. The average molecular weight is 227 g/mol. The first-order valence-corrected chi connectivity index (χ1v) is 5.78. The molecule has 1 unspecified atom stereocenters. The number of nitrogens with zero attached hydrogens (tertiary/aromatic N) is 2. The molecule has 1 saturated carbocycles. The Morgan fingerprint density at radius 2 is 2.40 bits per heavy atom. The molecule has 82 valence electrons. The first-order valence-electron chi connectivity index (χ1n) is 4.97. The molecule has 5 nitrogen and oxygen atoms in total. The van der Waals surface area contributed by atoms with E-state index in [1.807, 2.05) is 0 Å². The molecule has 1 aliphatic rings. The van der Waals surface area contributed by atoms with Gasteiger partial charge >= 0.3 is 5.97 Å². The third kappa shape index (κ3) is 2.65. The number of hydrogen-bond donors (Lipinski definition) is 2. The normalized spacial score (nSPS) is 17.4. The minimum Gasteiger partial charge on any atom is -0.481 e. The molecule has 1 fully saturated rings. The van der Waals surface area contributed by atoms with E-state index in [0.29, 0.717) is 12.5 Å². The highest BCUT2D eigenvalue weighted by molar-refractivity contribution is 7.15. The number of hydrogen-bond acceptors (Lipinski definition) is 5. The van der Waals surface area contributed by atoms with Crippen LogP contribution in [0.5, 0.6) is 0 Å². The van der Waals surface area contributed by atoms with E-state index in [4.69, 9.17) is 5.11 Å². The van der Waals surface area contributed by atoms with E-state index in [1.165, 1.54) is 24.2 Å². The lowest BCUT2D eigenvalue weighted by atomic mass is 10.2. The summed E-state index contributed by atoms with van der Waals surface area (Å²) in [5.74, 6) is -0.595. The summed E-state index contributed by atoms with van der Waals surface area (Å²) in [6, 6.07) is 0. The zero-order valence-corrected chi connectivity index (χ0v) is 9.25. The van der Waals surface area contributed by atoms with Crippen molar-refractivity contribution in [3.8, 4) is 0 Å². The van der Waals surface area contributed by atoms with Crippen LogP contribution >= 0.6 is 11.3 Å². The Bertz CT molecular complexity index is 362. The number of aliphatic carboxylic acids is 1. The number of anilines is 1. The van der Waals surface area contributed by atoms with Gasteiger partial charge in [-0.05, 0) is 12.8 Å². The second kappa shape index (κ2) is 4.14. The molecular weight excluding hydrogens is 214 g/mol. The first-order chi connectivity index (χ1) is 7.16. The van der Waals surface area contributed by atoms with E-state index in [0.717, 1.165) is 10.1 Å². The van der Waals surface area contributed by atoms with Crippen LogP contribution in [-0.2, 0) is 4.79 Å². The molecule has 1 heterocycles. The molecule has 1 aliphatic carbocycles. The van der Waals surface area contributed by atoms with E-state index in [-0.39, 0.29) is 0 Å².